The molecule has 1 aliphatic heterocycles. The number of hydrogen-bond donors (Lipinski definition) is 1. The second-order valence-corrected chi connectivity index (χ2v) is 7.54. The summed E-state index contributed by atoms with van der Waals surface area (Å²) in [6, 6.07) is 9.41. The normalized spacial score (nSPS) is 17.0. The zero-order valence-electron chi connectivity index (χ0n) is 12.7. The molecule has 1 N–H and O–H groups in total. The van der Waals surface area contributed by atoms with Crippen LogP contribution < -0.4 is 0 Å². The van der Waals surface area contributed by atoms with Crippen LogP contribution in [0.3, 0.4) is 0 Å². The number of carbonyl (C=O) groups excluding carboxylic acids is 1. The van der Waals surface area contributed by atoms with Gasteiger partial charge in [0.1, 0.15) is 6.54 Å². The van der Waals surface area contributed by atoms with E-state index in [0.717, 1.165) is 9.87 Å². The van der Waals surface area contributed by atoms with Crippen molar-refractivity contribution in [3.05, 3.63) is 35.9 Å². The maximum Gasteiger partial charge on any atom is 0.323 e. The van der Waals surface area contributed by atoms with Gasteiger partial charge in [-0.25, -0.2) is 8.42 Å². The van der Waals surface area contributed by atoms with E-state index in [-0.39, 0.29) is 18.8 Å². The minimum Gasteiger partial charge on any atom is -0.480 e. The van der Waals surface area contributed by atoms with Crippen LogP contribution in [0.15, 0.2) is 30.3 Å². The van der Waals surface area contributed by atoms with E-state index in [2.05, 4.69) is 0 Å². The fraction of sp³-hybridized carbons (Fsp3) is 0.467. The van der Waals surface area contributed by atoms with Crippen LogP contribution in [0.4, 0.5) is 0 Å². The molecule has 1 heterocycles. The Morgan fingerprint density at radius 1 is 1.22 bits per heavy atom. The third kappa shape index (κ3) is 5.04. The summed E-state index contributed by atoms with van der Waals surface area (Å²) in [5.41, 5.74) is 0.990. The molecule has 23 heavy (non-hydrogen) atoms. The minimum atomic E-state index is -3.37. The van der Waals surface area contributed by atoms with Crippen molar-refractivity contribution in [2.45, 2.75) is 12.8 Å². The van der Waals surface area contributed by atoms with Crippen LogP contribution in [0, 0.1) is 0 Å². The summed E-state index contributed by atoms with van der Waals surface area (Å²) < 4.78 is 24.7. The Labute approximate surface area is 135 Å². The lowest BCUT2D eigenvalue weighted by molar-refractivity contribution is -0.144. The van der Waals surface area contributed by atoms with Gasteiger partial charge in [0.15, 0.2) is 0 Å². The molecule has 0 unspecified atom stereocenters. The van der Waals surface area contributed by atoms with Crippen LogP contribution in [0.2, 0.25) is 0 Å². The summed E-state index contributed by atoms with van der Waals surface area (Å²) in [6.07, 6.45) is 1.02. The van der Waals surface area contributed by atoms with Gasteiger partial charge in [0.2, 0.25) is 15.9 Å². The Balaban J connectivity index is 1.99. The van der Waals surface area contributed by atoms with Crippen molar-refractivity contribution in [2.24, 2.45) is 0 Å². The van der Waals surface area contributed by atoms with Gasteiger partial charge in [0.05, 0.1) is 12.3 Å². The number of aliphatic carboxylic acids is 1. The Kier molecular flexibility index (Phi) is 5.73. The summed E-state index contributed by atoms with van der Waals surface area (Å²) in [5, 5.41) is 8.97. The lowest BCUT2D eigenvalue weighted by Gasteiger charge is -2.23. The molecule has 0 bridgehead atoms. The fourth-order valence-corrected chi connectivity index (χ4v) is 3.95. The number of benzene rings is 1. The smallest absolute Gasteiger partial charge is 0.323 e. The first-order valence-corrected chi connectivity index (χ1v) is 9.01. The molecule has 0 atom stereocenters. The number of rotatable bonds is 7. The van der Waals surface area contributed by atoms with Crippen LogP contribution in [-0.2, 0) is 26.0 Å². The predicted octanol–water partition coefficient (Wildman–Crippen LogP) is 0.178. The van der Waals surface area contributed by atoms with E-state index < -0.39 is 28.4 Å². The zero-order valence-corrected chi connectivity index (χ0v) is 13.5. The molecule has 1 saturated heterocycles. The van der Waals surface area contributed by atoms with Crippen molar-refractivity contribution in [3.63, 3.8) is 0 Å². The van der Waals surface area contributed by atoms with E-state index in [1.807, 2.05) is 30.3 Å². The van der Waals surface area contributed by atoms with E-state index in [1.165, 1.54) is 4.90 Å². The molecule has 0 aromatic heterocycles. The summed E-state index contributed by atoms with van der Waals surface area (Å²) in [5.74, 6) is -1.55. The summed E-state index contributed by atoms with van der Waals surface area (Å²) in [6.45, 7) is -0.166. The van der Waals surface area contributed by atoms with E-state index in [4.69, 9.17) is 5.11 Å². The number of carboxylic acids is 1. The molecule has 1 aromatic carbocycles. The van der Waals surface area contributed by atoms with Crippen molar-refractivity contribution in [1.29, 1.82) is 0 Å². The van der Waals surface area contributed by atoms with Crippen molar-refractivity contribution in [1.82, 2.24) is 9.21 Å². The molecule has 1 aromatic rings. The van der Waals surface area contributed by atoms with Gasteiger partial charge in [0.25, 0.3) is 0 Å². The topological polar surface area (TPSA) is 95.0 Å². The van der Waals surface area contributed by atoms with Crippen LogP contribution in [0.5, 0.6) is 0 Å². The maximum absolute atomic E-state index is 12.3. The number of carbonyl (C=O) groups is 2. The predicted molar refractivity (Wildman–Crippen MR) is 84.3 cm³/mol. The lowest BCUT2D eigenvalue weighted by atomic mass is 10.1. The van der Waals surface area contributed by atoms with Crippen molar-refractivity contribution >= 4 is 21.9 Å². The van der Waals surface area contributed by atoms with E-state index in [9.17, 15) is 18.0 Å². The van der Waals surface area contributed by atoms with Crippen molar-refractivity contribution in [3.8, 4) is 0 Å². The van der Waals surface area contributed by atoms with Gasteiger partial charge >= 0.3 is 5.97 Å². The first-order valence-electron chi connectivity index (χ1n) is 7.40. The Bertz CT molecular complexity index is 660. The quantitative estimate of drug-likeness (QED) is 0.764. The van der Waals surface area contributed by atoms with Crippen molar-refractivity contribution < 1.29 is 23.1 Å². The molecule has 126 valence electrons. The number of nitrogens with zero attached hydrogens (tertiary/aromatic N) is 2. The molecule has 1 fully saturated rings. The fourth-order valence-electron chi connectivity index (χ4n) is 2.48. The maximum atomic E-state index is 12.3. The lowest BCUT2D eigenvalue weighted by Crippen LogP contribution is -2.44. The highest BCUT2D eigenvalue weighted by atomic mass is 32.2. The van der Waals surface area contributed by atoms with Gasteiger partial charge in [0, 0.05) is 13.1 Å². The standard InChI is InChI=1S/C15H20N2O5S/c18-14(11-17-8-4-10-23(17,21)22)16(12-15(19)20)9-7-13-5-2-1-3-6-13/h1-3,5-6H,4,7-12H2,(H,19,20). The van der Waals surface area contributed by atoms with Crippen LogP contribution in [0.1, 0.15) is 12.0 Å². The molecule has 1 aliphatic rings. The SMILES string of the molecule is O=C(O)CN(CCc1ccccc1)C(=O)CN1CCCS1(=O)=O. The van der Waals surface area contributed by atoms with Gasteiger partial charge in [-0.1, -0.05) is 30.3 Å². The van der Waals surface area contributed by atoms with Crippen LogP contribution >= 0.6 is 0 Å². The average molecular weight is 340 g/mol. The van der Waals surface area contributed by atoms with E-state index in [1.54, 1.807) is 0 Å². The monoisotopic (exact) mass is 340 g/mol. The van der Waals surface area contributed by atoms with Crippen LogP contribution in [0.25, 0.3) is 0 Å². The molecule has 0 aliphatic carbocycles. The molecule has 0 radical (unpaired) electrons. The largest absolute Gasteiger partial charge is 0.480 e. The number of amides is 1. The summed E-state index contributed by atoms with van der Waals surface area (Å²) >= 11 is 0. The Morgan fingerprint density at radius 2 is 1.91 bits per heavy atom. The number of carboxylic acid groups (broad SMARTS) is 1. The summed E-state index contributed by atoms with van der Waals surface area (Å²) in [7, 11) is -3.37. The second kappa shape index (κ2) is 7.56. The molecule has 0 saturated carbocycles. The minimum absolute atomic E-state index is 0.0449. The molecule has 7 nitrogen and oxygen atoms in total. The zero-order chi connectivity index (χ0) is 16.9. The van der Waals surface area contributed by atoms with Gasteiger partial charge in [-0.3, -0.25) is 9.59 Å². The van der Waals surface area contributed by atoms with Gasteiger partial charge in [-0.15, -0.1) is 0 Å². The highest BCUT2D eigenvalue weighted by Gasteiger charge is 2.31. The van der Waals surface area contributed by atoms with Gasteiger partial charge < -0.3 is 10.0 Å². The molecule has 0 spiro atoms. The first-order chi connectivity index (χ1) is 10.9. The third-order valence-electron chi connectivity index (χ3n) is 3.71. The molecular formula is C15H20N2O5S. The number of hydrogen-bond acceptors (Lipinski definition) is 4. The highest BCUT2D eigenvalue weighted by molar-refractivity contribution is 7.89. The molecule has 1 amide bonds. The molecular weight excluding hydrogens is 320 g/mol. The summed E-state index contributed by atoms with van der Waals surface area (Å²) in [4.78, 5) is 24.5. The van der Waals surface area contributed by atoms with E-state index in [0.29, 0.717) is 19.4 Å². The van der Waals surface area contributed by atoms with Gasteiger partial charge in [-0.05, 0) is 18.4 Å². The first kappa shape index (κ1) is 17.4. The van der Waals surface area contributed by atoms with Crippen molar-refractivity contribution in [2.75, 3.05) is 31.9 Å². The highest BCUT2D eigenvalue weighted by Crippen LogP contribution is 2.13. The Morgan fingerprint density at radius 3 is 2.48 bits per heavy atom. The third-order valence-corrected chi connectivity index (χ3v) is 5.61. The van der Waals surface area contributed by atoms with E-state index >= 15 is 0 Å². The van der Waals surface area contributed by atoms with Crippen LogP contribution in [-0.4, -0.2) is 66.5 Å². The molecule has 8 heteroatoms. The Hall–Kier alpha value is -1.93. The van der Waals surface area contributed by atoms with Gasteiger partial charge in [-0.2, -0.15) is 4.31 Å². The average Bonchev–Trinajstić information content (AvgIpc) is 2.83. The number of sulfonamides is 1. The second-order valence-electron chi connectivity index (χ2n) is 5.45. The molecule has 2 rings (SSSR count).